The van der Waals surface area contributed by atoms with Crippen LogP contribution in [0.5, 0.6) is 0 Å². The van der Waals surface area contributed by atoms with Crippen molar-refractivity contribution in [1.29, 1.82) is 0 Å². The van der Waals surface area contributed by atoms with Crippen molar-refractivity contribution in [2.75, 3.05) is 0 Å². The van der Waals surface area contributed by atoms with Gasteiger partial charge in [0.1, 0.15) is 0 Å². The maximum absolute atomic E-state index is 12.8. The van der Waals surface area contributed by atoms with Crippen LogP contribution in [0.25, 0.3) is 0 Å². The zero-order valence-electron chi connectivity index (χ0n) is 20.1. The normalized spacial score (nSPS) is 17.1. The maximum atomic E-state index is 12.8. The van der Waals surface area contributed by atoms with E-state index in [-0.39, 0.29) is 32.7 Å². The Morgan fingerprint density at radius 1 is 0.971 bits per heavy atom. The van der Waals surface area contributed by atoms with Gasteiger partial charge in [-0.3, -0.25) is 4.79 Å². The van der Waals surface area contributed by atoms with Crippen molar-refractivity contribution in [1.82, 2.24) is 0 Å². The molecule has 3 rings (SSSR count). The summed E-state index contributed by atoms with van der Waals surface area (Å²) in [4.78, 5) is 34.1. The number of benzene rings is 2. The Morgan fingerprint density at radius 2 is 1.60 bits per heavy atom. The van der Waals surface area contributed by atoms with E-state index in [2.05, 4.69) is 25.1 Å². The second kappa shape index (κ2) is 14.2. The van der Waals surface area contributed by atoms with Gasteiger partial charge in [0.2, 0.25) is 0 Å². The number of aliphatic carboxylic acids is 2. The zero-order chi connectivity index (χ0) is 25.7. The summed E-state index contributed by atoms with van der Waals surface area (Å²) in [6.45, 7) is 3.70. The van der Waals surface area contributed by atoms with Gasteiger partial charge in [0.05, 0.1) is 5.41 Å². The van der Waals surface area contributed by atoms with E-state index < -0.39 is 17.4 Å². The van der Waals surface area contributed by atoms with Crippen LogP contribution in [0.4, 0.5) is 0 Å². The second-order valence-corrected chi connectivity index (χ2v) is 10.8. The molecule has 0 aliphatic heterocycles. The third-order valence-corrected chi connectivity index (χ3v) is 7.72. The summed E-state index contributed by atoms with van der Waals surface area (Å²) >= 11 is 0.0698. The molecule has 35 heavy (non-hydrogen) atoms. The molecular weight excluding hydrogens is 507 g/mol. The quantitative estimate of drug-likeness (QED) is 0.182. The molecule has 5 nitrogen and oxygen atoms in total. The topological polar surface area (TPSA) is 91.7 Å². The number of unbranched alkanes of at least 4 members (excludes halogenated alkanes) is 3. The van der Waals surface area contributed by atoms with Gasteiger partial charge in [-0.25, -0.2) is 4.79 Å². The molecule has 0 fully saturated rings. The Morgan fingerprint density at radius 3 is 2.17 bits per heavy atom. The van der Waals surface area contributed by atoms with Gasteiger partial charge in [0.25, 0.3) is 0 Å². The van der Waals surface area contributed by atoms with E-state index in [0.29, 0.717) is 0 Å². The predicted octanol–water partition coefficient (Wildman–Crippen LogP) is 5.41. The van der Waals surface area contributed by atoms with Crippen molar-refractivity contribution in [3.8, 4) is 0 Å². The van der Waals surface area contributed by atoms with Crippen molar-refractivity contribution in [2.24, 2.45) is 5.41 Å². The number of carboxylic acid groups (broad SMARTS) is 2. The van der Waals surface area contributed by atoms with E-state index in [1.165, 1.54) is 42.5 Å². The summed E-state index contributed by atoms with van der Waals surface area (Å²) in [6, 6.07) is 19.9. The number of ketones is 1. The van der Waals surface area contributed by atoms with E-state index in [1.807, 2.05) is 48.5 Å². The molecule has 2 aromatic rings. The molecule has 1 aliphatic rings. The van der Waals surface area contributed by atoms with Crippen molar-refractivity contribution in [3.05, 3.63) is 101 Å². The fourth-order valence-corrected chi connectivity index (χ4v) is 5.35. The van der Waals surface area contributed by atoms with Crippen LogP contribution in [-0.2, 0) is 9.59 Å². The van der Waals surface area contributed by atoms with Gasteiger partial charge in [-0.15, -0.1) is 0 Å². The third kappa shape index (κ3) is 9.16. The number of hydrogen-bond acceptors (Lipinski definition) is 3. The molecule has 0 radical (unpaired) electrons. The molecule has 0 aromatic heterocycles. The number of hydrogen-bond donors (Lipinski definition) is 2. The Bertz CT molecular complexity index is 1090. The molecule has 0 saturated heterocycles. The molecule has 1 unspecified atom stereocenters. The summed E-state index contributed by atoms with van der Waals surface area (Å²) in [5.41, 5.74) is -0.155. The average molecular weight is 540 g/mol. The van der Waals surface area contributed by atoms with Crippen LogP contribution >= 0.6 is 0 Å². The predicted molar refractivity (Wildman–Crippen MR) is 140 cm³/mol. The van der Waals surface area contributed by atoms with Crippen LogP contribution in [-0.4, -0.2) is 42.9 Å². The summed E-state index contributed by atoms with van der Waals surface area (Å²) in [6.07, 6.45) is 11.2. The van der Waals surface area contributed by atoms with Crippen LogP contribution < -0.4 is 4.46 Å². The number of allylic oxidation sites excluding steroid dienone is 4. The van der Waals surface area contributed by atoms with Gasteiger partial charge in [0.15, 0.2) is 0 Å². The number of rotatable bonds is 10. The van der Waals surface area contributed by atoms with E-state index in [0.717, 1.165) is 22.9 Å². The van der Waals surface area contributed by atoms with E-state index in [4.69, 9.17) is 10.2 Å². The van der Waals surface area contributed by atoms with Crippen LogP contribution in [0.2, 0.25) is 0 Å². The van der Waals surface area contributed by atoms with Gasteiger partial charge >= 0.3 is 151 Å². The van der Waals surface area contributed by atoms with Crippen molar-refractivity contribution in [2.45, 2.75) is 46.0 Å². The Hall–Kier alpha value is -3.21. The molecule has 1 aliphatic carbocycles. The van der Waals surface area contributed by atoms with Gasteiger partial charge < -0.3 is 10.2 Å². The standard InChI is InChI=1S/C20H22OSe.C9H10O4/c1-2-3-4-11-16-19(22-18-14-9-6-10-15-18)20(21)17-12-7-5-8-13-17;1-9(8(12)13)4-2-3-6(5-9)7(10)11/h5-10,12-16H,2-4,11H2,1H3;2-4H,5H2,1H3,(H,10,11)(H,12,13). The molecule has 1 atom stereocenters. The monoisotopic (exact) mass is 540 g/mol. The second-order valence-electron chi connectivity index (χ2n) is 8.43. The molecule has 6 heteroatoms. The first-order valence-electron chi connectivity index (χ1n) is 11.6. The van der Waals surface area contributed by atoms with Crippen LogP contribution in [0.3, 0.4) is 0 Å². The fourth-order valence-electron chi connectivity index (χ4n) is 3.34. The average Bonchev–Trinajstić information content (AvgIpc) is 2.87. The Labute approximate surface area is 213 Å². The summed E-state index contributed by atoms with van der Waals surface area (Å²) in [5.74, 6) is -1.88. The summed E-state index contributed by atoms with van der Waals surface area (Å²) < 4.78 is 2.22. The summed E-state index contributed by atoms with van der Waals surface area (Å²) in [5, 5.41) is 17.5. The van der Waals surface area contributed by atoms with E-state index in [9.17, 15) is 14.4 Å². The van der Waals surface area contributed by atoms with Crippen LogP contribution in [0, 0.1) is 5.41 Å². The number of carbonyl (C=O) groups excluding carboxylic acids is 1. The van der Waals surface area contributed by atoms with Gasteiger partial charge in [-0.1, -0.05) is 18.2 Å². The number of Topliss-reactive ketones (excluding diaryl/α,β-unsaturated/α-hetero) is 1. The van der Waals surface area contributed by atoms with Gasteiger partial charge in [-0.2, -0.15) is 0 Å². The van der Waals surface area contributed by atoms with Crippen molar-refractivity contribution in [3.63, 3.8) is 0 Å². The molecule has 0 bridgehead atoms. The number of carbonyl (C=O) groups is 3. The Kier molecular flexibility index (Phi) is 11.4. The minimum atomic E-state index is -1.08. The van der Waals surface area contributed by atoms with E-state index >= 15 is 0 Å². The first-order chi connectivity index (χ1) is 16.8. The Balaban J connectivity index is 0.000000283. The molecule has 0 amide bonds. The molecule has 0 saturated carbocycles. The molecule has 0 spiro atoms. The zero-order valence-corrected chi connectivity index (χ0v) is 21.9. The molecule has 2 aromatic carbocycles. The first kappa shape index (κ1) is 28.0. The molecule has 184 valence electrons. The molecule has 2 N–H and O–H groups in total. The molecular formula is C29H32O5Se. The van der Waals surface area contributed by atoms with Crippen LogP contribution in [0.15, 0.2) is 95.0 Å². The molecule has 0 heterocycles. The van der Waals surface area contributed by atoms with Crippen LogP contribution in [0.1, 0.15) is 56.3 Å². The van der Waals surface area contributed by atoms with Crippen molar-refractivity contribution < 1.29 is 24.6 Å². The number of carboxylic acids is 2. The van der Waals surface area contributed by atoms with Gasteiger partial charge in [0, 0.05) is 5.57 Å². The first-order valence-corrected chi connectivity index (χ1v) is 13.4. The summed E-state index contributed by atoms with van der Waals surface area (Å²) in [7, 11) is 0. The SMILES string of the molecule is CC1(C(=O)O)C=CC=C(C(=O)O)C1.CCCCCC=C([Se]c1ccccc1)C(=O)c1ccccc1. The fraction of sp³-hybridized carbons (Fsp3) is 0.276. The van der Waals surface area contributed by atoms with E-state index in [1.54, 1.807) is 0 Å². The third-order valence-electron chi connectivity index (χ3n) is 5.45. The minimum absolute atomic E-state index is 0.0359. The van der Waals surface area contributed by atoms with Gasteiger partial charge in [-0.05, 0) is 13.3 Å². The van der Waals surface area contributed by atoms with Crippen molar-refractivity contribution >= 4 is 37.1 Å².